The Labute approximate surface area is 214 Å². The van der Waals surface area contributed by atoms with Gasteiger partial charge < -0.3 is 25.1 Å². The molecule has 0 unspecified atom stereocenters. The average molecular weight is 506 g/mol. The van der Waals surface area contributed by atoms with E-state index in [1.807, 2.05) is 20.8 Å². The van der Waals surface area contributed by atoms with E-state index in [0.29, 0.717) is 40.7 Å². The van der Waals surface area contributed by atoms with Crippen molar-refractivity contribution in [2.24, 2.45) is 5.73 Å². The number of nitrogens with one attached hydrogen (secondary N) is 2. The molecule has 4 N–H and O–H groups in total. The molecule has 0 aliphatic carbocycles. The van der Waals surface area contributed by atoms with Crippen molar-refractivity contribution in [1.82, 2.24) is 9.97 Å². The second-order valence-electron chi connectivity index (χ2n) is 8.65. The number of halogens is 2. The Morgan fingerprint density at radius 3 is 2.51 bits per heavy atom. The second-order valence-corrected chi connectivity index (χ2v) is 8.65. The van der Waals surface area contributed by atoms with Crippen molar-refractivity contribution in [3.8, 4) is 22.8 Å². The Bertz CT molecular complexity index is 1390. The van der Waals surface area contributed by atoms with Gasteiger partial charge in [0, 0.05) is 28.9 Å². The van der Waals surface area contributed by atoms with Crippen molar-refractivity contribution >= 4 is 17.2 Å². The lowest BCUT2D eigenvalue weighted by atomic mass is 10.1. The van der Waals surface area contributed by atoms with E-state index in [0.717, 1.165) is 0 Å². The molecule has 0 amide bonds. The molecule has 0 fully saturated rings. The van der Waals surface area contributed by atoms with Gasteiger partial charge in [0.1, 0.15) is 23.2 Å². The van der Waals surface area contributed by atoms with E-state index in [1.165, 1.54) is 18.2 Å². The summed E-state index contributed by atoms with van der Waals surface area (Å²) in [4.78, 5) is 9.39. The van der Waals surface area contributed by atoms with Crippen LogP contribution in [0.5, 0.6) is 11.5 Å². The summed E-state index contributed by atoms with van der Waals surface area (Å²) in [5, 5.41) is 7.69. The highest BCUT2D eigenvalue weighted by atomic mass is 19.1. The topological polar surface area (TPSA) is 100 Å². The van der Waals surface area contributed by atoms with E-state index in [-0.39, 0.29) is 35.7 Å². The van der Waals surface area contributed by atoms with Gasteiger partial charge in [-0.25, -0.2) is 13.8 Å². The number of ether oxygens (including phenoxy) is 2. The molecule has 0 spiro atoms. The van der Waals surface area contributed by atoms with Crippen molar-refractivity contribution in [2.75, 3.05) is 11.5 Å². The number of hydrogen-bond donors (Lipinski definition) is 3. The molecule has 3 aromatic carbocycles. The summed E-state index contributed by atoms with van der Waals surface area (Å²) in [6.45, 7) is 6.04. The average Bonchev–Trinajstić information content (AvgIpc) is 3.33. The van der Waals surface area contributed by atoms with E-state index in [1.54, 1.807) is 53.6 Å². The second kappa shape index (κ2) is 11.1. The van der Waals surface area contributed by atoms with Gasteiger partial charge in [-0.2, -0.15) is 0 Å². The van der Waals surface area contributed by atoms with Crippen molar-refractivity contribution < 1.29 is 18.3 Å². The van der Waals surface area contributed by atoms with Gasteiger partial charge in [0.25, 0.3) is 0 Å². The Hall–Kier alpha value is -4.40. The van der Waals surface area contributed by atoms with Crippen LogP contribution >= 0.6 is 0 Å². The maximum absolute atomic E-state index is 15.9. The Kier molecular flexibility index (Phi) is 7.71. The molecule has 0 aliphatic rings. The number of nitrogens with two attached hydrogens (primary N) is 1. The standard InChI is InChI=1S/C28H29F2N5O2/c1-4-36-22-13-24(27(30)25(14-22)37-17(2)3)35(21-10-8-18(9-11-21)28(31)32)16-26-33-15-23(34-26)19-6-5-7-20(29)12-19/h5-15,17H,4,16H2,1-3H3,(H3,31,32)(H,33,34). The molecule has 0 saturated carbocycles. The summed E-state index contributed by atoms with van der Waals surface area (Å²) >= 11 is 0. The maximum Gasteiger partial charge on any atom is 0.188 e. The lowest BCUT2D eigenvalue weighted by Crippen LogP contribution is -2.20. The predicted molar refractivity (Wildman–Crippen MR) is 141 cm³/mol. The van der Waals surface area contributed by atoms with E-state index < -0.39 is 5.82 Å². The first kappa shape index (κ1) is 25.7. The van der Waals surface area contributed by atoms with Crippen molar-refractivity contribution in [3.05, 3.63) is 89.9 Å². The number of imidazole rings is 1. The van der Waals surface area contributed by atoms with E-state index in [2.05, 4.69) is 9.97 Å². The molecule has 0 saturated heterocycles. The Morgan fingerprint density at radius 1 is 1.11 bits per heavy atom. The van der Waals surface area contributed by atoms with Crippen molar-refractivity contribution in [1.29, 1.82) is 5.41 Å². The van der Waals surface area contributed by atoms with E-state index >= 15 is 4.39 Å². The van der Waals surface area contributed by atoms with Crippen LogP contribution in [-0.2, 0) is 6.54 Å². The summed E-state index contributed by atoms with van der Waals surface area (Å²) < 4.78 is 41.1. The monoisotopic (exact) mass is 505 g/mol. The third-order valence-electron chi connectivity index (χ3n) is 5.52. The van der Waals surface area contributed by atoms with Crippen LogP contribution in [0.4, 0.5) is 20.2 Å². The van der Waals surface area contributed by atoms with Gasteiger partial charge in [-0.1, -0.05) is 12.1 Å². The van der Waals surface area contributed by atoms with Gasteiger partial charge in [0.15, 0.2) is 11.6 Å². The summed E-state index contributed by atoms with van der Waals surface area (Å²) in [7, 11) is 0. The first-order valence-corrected chi connectivity index (χ1v) is 11.9. The molecule has 7 nitrogen and oxygen atoms in total. The molecule has 0 aliphatic heterocycles. The number of rotatable bonds is 10. The normalized spacial score (nSPS) is 11.0. The highest BCUT2D eigenvalue weighted by molar-refractivity contribution is 5.95. The van der Waals surface area contributed by atoms with Gasteiger partial charge >= 0.3 is 0 Å². The number of aromatic amines is 1. The molecule has 0 atom stereocenters. The Balaban J connectivity index is 1.79. The molecule has 4 rings (SSSR count). The van der Waals surface area contributed by atoms with E-state index in [4.69, 9.17) is 20.6 Å². The molecule has 1 aromatic heterocycles. The molecule has 37 heavy (non-hydrogen) atoms. The lowest BCUT2D eigenvalue weighted by Gasteiger charge is -2.26. The van der Waals surface area contributed by atoms with E-state index in [9.17, 15) is 4.39 Å². The number of H-pyrrole nitrogens is 1. The lowest BCUT2D eigenvalue weighted by molar-refractivity contribution is 0.229. The minimum atomic E-state index is -0.551. The minimum absolute atomic E-state index is 0.0685. The predicted octanol–water partition coefficient (Wildman–Crippen LogP) is 6.16. The third kappa shape index (κ3) is 6.06. The fraction of sp³-hybridized carbons (Fsp3) is 0.214. The molecule has 4 aromatic rings. The van der Waals surface area contributed by atoms with Crippen LogP contribution in [0.15, 0.2) is 66.9 Å². The summed E-state index contributed by atoms with van der Waals surface area (Å²) in [5.74, 6) is 0.0856. The zero-order valence-electron chi connectivity index (χ0n) is 20.9. The van der Waals surface area contributed by atoms with Gasteiger partial charge in [0.2, 0.25) is 0 Å². The number of amidine groups is 1. The van der Waals surface area contributed by atoms with Crippen LogP contribution < -0.4 is 20.1 Å². The quantitative estimate of drug-likeness (QED) is 0.177. The number of aromatic nitrogens is 2. The highest BCUT2D eigenvalue weighted by Crippen LogP contribution is 2.38. The first-order valence-electron chi connectivity index (χ1n) is 11.9. The zero-order chi connectivity index (χ0) is 26.5. The van der Waals surface area contributed by atoms with Crippen molar-refractivity contribution in [3.63, 3.8) is 0 Å². The van der Waals surface area contributed by atoms with Crippen molar-refractivity contribution in [2.45, 2.75) is 33.4 Å². The van der Waals surface area contributed by atoms with Crippen LogP contribution in [0.2, 0.25) is 0 Å². The number of nitrogens with zero attached hydrogens (tertiary/aromatic N) is 2. The molecule has 0 bridgehead atoms. The Morgan fingerprint density at radius 2 is 1.86 bits per heavy atom. The van der Waals surface area contributed by atoms with Gasteiger partial charge in [-0.15, -0.1) is 0 Å². The first-order chi connectivity index (χ1) is 17.7. The van der Waals surface area contributed by atoms with Crippen LogP contribution in [0.25, 0.3) is 11.3 Å². The van der Waals surface area contributed by atoms with Gasteiger partial charge in [-0.05, 0) is 57.2 Å². The largest absolute Gasteiger partial charge is 0.494 e. The maximum atomic E-state index is 15.9. The summed E-state index contributed by atoms with van der Waals surface area (Å²) in [6.07, 6.45) is 1.36. The zero-order valence-corrected chi connectivity index (χ0v) is 20.9. The number of anilines is 2. The van der Waals surface area contributed by atoms with Crippen LogP contribution in [0.3, 0.4) is 0 Å². The van der Waals surface area contributed by atoms with Gasteiger partial charge in [-0.3, -0.25) is 5.41 Å². The van der Waals surface area contributed by atoms with Crippen LogP contribution in [0, 0.1) is 17.0 Å². The minimum Gasteiger partial charge on any atom is -0.494 e. The van der Waals surface area contributed by atoms with Crippen LogP contribution in [-0.4, -0.2) is 28.5 Å². The summed E-state index contributed by atoms with van der Waals surface area (Å²) in [6, 6.07) is 16.2. The molecule has 1 heterocycles. The molecule has 9 heteroatoms. The number of nitrogen functional groups attached to an aromatic ring is 1. The summed E-state index contributed by atoms with van der Waals surface area (Å²) in [5.41, 5.74) is 8.30. The number of benzene rings is 3. The number of hydrogen-bond acceptors (Lipinski definition) is 5. The molecular formula is C28H29F2N5O2. The molecular weight excluding hydrogens is 476 g/mol. The molecule has 192 valence electrons. The van der Waals surface area contributed by atoms with Crippen LogP contribution in [0.1, 0.15) is 32.2 Å². The molecule has 0 radical (unpaired) electrons. The third-order valence-corrected chi connectivity index (χ3v) is 5.52. The highest BCUT2D eigenvalue weighted by Gasteiger charge is 2.22. The SMILES string of the molecule is CCOc1cc(OC(C)C)c(F)c(N(Cc2ncc(-c3cccc(F)c3)[nH]2)c2ccc(C(=N)N)cc2)c1. The smallest absolute Gasteiger partial charge is 0.188 e. The fourth-order valence-corrected chi connectivity index (χ4v) is 3.88. The fourth-order valence-electron chi connectivity index (χ4n) is 3.88. The van der Waals surface area contributed by atoms with Gasteiger partial charge in [0.05, 0.1) is 36.8 Å².